The largest absolute Gasteiger partial charge is 0.389 e. The Labute approximate surface area is 113 Å². The quantitative estimate of drug-likeness (QED) is 0.741. The third-order valence-corrected chi connectivity index (χ3v) is 2.65. The Kier molecular flexibility index (Phi) is 6.77. The maximum Gasteiger partial charge on any atom is 0.0898 e. The van der Waals surface area contributed by atoms with Crippen molar-refractivity contribution in [3.63, 3.8) is 0 Å². The van der Waals surface area contributed by atoms with Gasteiger partial charge in [-0.3, -0.25) is 0 Å². The van der Waals surface area contributed by atoms with Gasteiger partial charge in [0.1, 0.15) is 0 Å². The van der Waals surface area contributed by atoms with Gasteiger partial charge in [0.25, 0.3) is 0 Å². The van der Waals surface area contributed by atoms with Gasteiger partial charge in [-0.25, -0.2) is 0 Å². The van der Waals surface area contributed by atoms with Crippen LogP contribution in [0.4, 0.5) is 0 Å². The van der Waals surface area contributed by atoms with Gasteiger partial charge in [-0.15, -0.1) is 6.42 Å². The molecule has 0 aliphatic rings. The number of hydrogen-bond donors (Lipinski definition) is 2. The minimum Gasteiger partial charge on any atom is -0.389 e. The molecule has 0 amide bonds. The first-order chi connectivity index (χ1) is 8.61. The Morgan fingerprint density at radius 3 is 2.72 bits per heavy atom. The number of nitrogens with one attached hydrogen (secondary N) is 1. The number of ether oxygens (including phenoxy) is 1. The molecule has 3 nitrogen and oxygen atoms in total. The van der Waals surface area contributed by atoms with E-state index < -0.39 is 6.10 Å². The zero-order valence-electron chi connectivity index (χ0n) is 10.4. The molecule has 2 N–H and O–H groups in total. The van der Waals surface area contributed by atoms with Gasteiger partial charge in [0.05, 0.1) is 25.4 Å². The van der Waals surface area contributed by atoms with E-state index in [1.165, 1.54) is 0 Å². The van der Waals surface area contributed by atoms with Crippen LogP contribution >= 0.6 is 11.6 Å². The van der Waals surface area contributed by atoms with Crippen LogP contribution in [0, 0.1) is 12.3 Å². The Hall–Kier alpha value is -1.05. The number of rotatable bonds is 7. The Morgan fingerprint density at radius 1 is 1.44 bits per heavy atom. The molecule has 0 aliphatic heterocycles. The molecule has 0 saturated heterocycles. The van der Waals surface area contributed by atoms with E-state index in [0.29, 0.717) is 18.2 Å². The maximum absolute atomic E-state index is 9.64. The molecule has 0 bridgehead atoms. The SMILES string of the molecule is C#CC(C)NCC(O)COCc1ccc(Cl)cc1. The first-order valence-corrected chi connectivity index (χ1v) is 6.19. The number of aliphatic hydroxyl groups excluding tert-OH is 1. The third kappa shape index (κ3) is 6.04. The normalized spacial score (nSPS) is 13.9. The van der Waals surface area contributed by atoms with Gasteiger partial charge in [0, 0.05) is 11.6 Å². The number of aliphatic hydroxyl groups is 1. The highest BCUT2D eigenvalue weighted by Gasteiger charge is 2.05. The van der Waals surface area contributed by atoms with Gasteiger partial charge in [0.2, 0.25) is 0 Å². The van der Waals surface area contributed by atoms with E-state index in [0.717, 1.165) is 5.56 Å². The van der Waals surface area contributed by atoms with Crippen LogP contribution in [-0.2, 0) is 11.3 Å². The highest BCUT2D eigenvalue weighted by Crippen LogP contribution is 2.10. The summed E-state index contributed by atoms with van der Waals surface area (Å²) in [7, 11) is 0. The van der Waals surface area contributed by atoms with E-state index in [9.17, 15) is 5.11 Å². The monoisotopic (exact) mass is 267 g/mol. The average molecular weight is 268 g/mol. The Bertz CT molecular complexity index is 386. The lowest BCUT2D eigenvalue weighted by Gasteiger charge is -2.14. The Morgan fingerprint density at radius 2 is 2.11 bits per heavy atom. The van der Waals surface area contributed by atoms with Gasteiger partial charge in [-0.05, 0) is 24.6 Å². The van der Waals surface area contributed by atoms with Crippen LogP contribution in [0.2, 0.25) is 5.02 Å². The smallest absolute Gasteiger partial charge is 0.0898 e. The van der Waals surface area contributed by atoms with E-state index in [1.54, 1.807) is 0 Å². The predicted molar refractivity (Wildman–Crippen MR) is 73.4 cm³/mol. The molecule has 0 radical (unpaired) electrons. The summed E-state index contributed by atoms with van der Waals surface area (Å²) in [6.07, 6.45) is 4.65. The molecule has 0 aliphatic carbocycles. The van der Waals surface area contributed by atoms with Gasteiger partial charge >= 0.3 is 0 Å². The molecule has 0 saturated carbocycles. The van der Waals surface area contributed by atoms with Crippen molar-refractivity contribution in [2.24, 2.45) is 0 Å². The minimum absolute atomic E-state index is 0.0454. The molecule has 18 heavy (non-hydrogen) atoms. The van der Waals surface area contributed by atoms with Gasteiger partial charge in [-0.2, -0.15) is 0 Å². The van der Waals surface area contributed by atoms with E-state index >= 15 is 0 Å². The van der Waals surface area contributed by atoms with Crippen LogP contribution in [0.25, 0.3) is 0 Å². The molecule has 0 spiro atoms. The number of halogens is 1. The summed E-state index contributed by atoms with van der Waals surface area (Å²) < 4.78 is 5.40. The minimum atomic E-state index is -0.562. The first-order valence-electron chi connectivity index (χ1n) is 5.81. The zero-order valence-corrected chi connectivity index (χ0v) is 11.2. The van der Waals surface area contributed by atoms with Crippen molar-refractivity contribution < 1.29 is 9.84 Å². The van der Waals surface area contributed by atoms with Crippen molar-refractivity contribution >= 4 is 11.6 Å². The lowest BCUT2D eigenvalue weighted by atomic mass is 10.2. The molecular weight excluding hydrogens is 250 g/mol. The molecule has 2 unspecified atom stereocenters. The van der Waals surface area contributed by atoms with E-state index in [2.05, 4.69) is 11.2 Å². The van der Waals surface area contributed by atoms with Crippen LogP contribution in [0.15, 0.2) is 24.3 Å². The summed E-state index contributed by atoms with van der Waals surface area (Å²) in [6, 6.07) is 7.37. The van der Waals surface area contributed by atoms with E-state index in [-0.39, 0.29) is 12.6 Å². The first kappa shape index (κ1) is 15.0. The van der Waals surface area contributed by atoms with Crippen LogP contribution < -0.4 is 5.32 Å². The fourth-order valence-electron chi connectivity index (χ4n) is 1.32. The van der Waals surface area contributed by atoms with Gasteiger partial charge in [-0.1, -0.05) is 29.7 Å². The van der Waals surface area contributed by atoms with Gasteiger partial charge < -0.3 is 15.2 Å². The number of benzene rings is 1. The standard InChI is InChI=1S/C14H18ClNO2/c1-3-11(2)16-8-14(17)10-18-9-12-4-6-13(15)7-5-12/h1,4-7,11,14,16-17H,8-10H2,2H3. The summed E-state index contributed by atoms with van der Waals surface area (Å²) in [5, 5.41) is 13.3. The third-order valence-electron chi connectivity index (χ3n) is 2.40. The summed E-state index contributed by atoms with van der Waals surface area (Å²) in [5.41, 5.74) is 1.02. The second-order valence-corrected chi connectivity index (χ2v) is 4.53. The molecule has 0 heterocycles. The molecule has 4 heteroatoms. The Balaban J connectivity index is 2.17. The highest BCUT2D eigenvalue weighted by atomic mass is 35.5. The molecule has 1 rings (SSSR count). The fourth-order valence-corrected chi connectivity index (χ4v) is 1.45. The summed E-state index contributed by atoms with van der Waals surface area (Å²) in [4.78, 5) is 0. The fraction of sp³-hybridized carbons (Fsp3) is 0.429. The number of terminal acetylenes is 1. The summed E-state index contributed by atoms with van der Waals surface area (Å²) in [5.74, 6) is 2.53. The van der Waals surface area contributed by atoms with E-state index in [4.69, 9.17) is 22.8 Å². The second-order valence-electron chi connectivity index (χ2n) is 4.09. The van der Waals surface area contributed by atoms with Crippen molar-refractivity contribution in [2.75, 3.05) is 13.2 Å². The maximum atomic E-state index is 9.64. The predicted octanol–water partition coefficient (Wildman–Crippen LogP) is 1.83. The molecular formula is C14H18ClNO2. The number of hydrogen-bond acceptors (Lipinski definition) is 3. The lowest BCUT2D eigenvalue weighted by Crippen LogP contribution is -2.35. The molecule has 1 aromatic carbocycles. The molecule has 0 aromatic heterocycles. The lowest BCUT2D eigenvalue weighted by molar-refractivity contribution is 0.0285. The topological polar surface area (TPSA) is 41.5 Å². The molecule has 0 fully saturated rings. The van der Waals surface area contributed by atoms with Crippen molar-refractivity contribution in [1.82, 2.24) is 5.32 Å². The summed E-state index contributed by atoms with van der Waals surface area (Å²) >= 11 is 5.78. The van der Waals surface area contributed by atoms with Crippen LogP contribution in [-0.4, -0.2) is 30.4 Å². The van der Waals surface area contributed by atoms with Crippen LogP contribution in [0.1, 0.15) is 12.5 Å². The van der Waals surface area contributed by atoms with Crippen molar-refractivity contribution in [3.8, 4) is 12.3 Å². The second kappa shape index (κ2) is 8.12. The van der Waals surface area contributed by atoms with Crippen molar-refractivity contribution in [3.05, 3.63) is 34.9 Å². The zero-order chi connectivity index (χ0) is 13.4. The van der Waals surface area contributed by atoms with Crippen molar-refractivity contribution in [2.45, 2.75) is 25.7 Å². The van der Waals surface area contributed by atoms with Crippen LogP contribution in [0.5, 0.6) is 0 Å². The summed E-state index contributed by atoms with van der Waals surface area (Å²) in [6.45, 7) is 3.01. The molecule has 2 atom stereocenters. The molecule has 98 valence electrons. The van der Waals surface area contributed by atoms with Crippen LogP contribution in [0.3, 0.4) is 0 Å². The van der Waals surface area contributed by atoms with Gasteiger partial charge in [0.15, 0.2) is 0 Å². The van der Waals surface area contributed by atoms with Crippen molar-refractivity contribution in [1.29, 1.82) is 0 Å². The molecule has 1 aromatic rings. The van der Waals surface area contributed by atoms with E-state index in [1.807, 2.05) is 31.2 Å². The highest BCUT2D eigenvalue weighted by molar-refractivity contribution is 6.30. The average Bonchev–Trinajstić information content (AvgIpc) is 2.38.